The standard InChI is InChI=1S/C12H19N3O4S/c1-12(2,15-20(4,17)18)11(16)14-8-5-6-10(19-3)9(13)7-8/h5-7,15H,13H2,1-4H3,(H,14,16). The van der Waals surface area contributed by atoms with E-state index in [9.17, 15) is 13.2 Å². The molecule has 0 saturated carbocycles. The van der Waals surface area contributed by atoms with Crippen molar-refractivity contribution in [2.24, 2.45) is 0 Å². The number of ether oxygens (including phenoxy) is 1. The molecule has 0 aliphatic heterocycles. The van der Waals surface area contributed by atoms with Crippen LogP contribution in [0.4, 0.5) is 11.4 Å². The van der Waals surface area contributed by atoms with Gasteiger partial charge in [-0.15, -0.1) is 0 Å². The number of carbonyl (C=O) groups excluding carboxylic acids is 1. The third kappa shape index (κ3) is 4.39. The lowest BCUT2D eigenvalue weighted by atomic mass is 10.1. The molecular formula is C12H19N3O4S. The molecular weight excluding hydrogens is 282 g/mol. The summed E-state index contributed by atoms with van der Waals surface area (Å²) in [6.45, 7) is 2.94. The van der Waals surface area contributed by atoms with Crippen LogP contribution in [0.5, 0.6) is 5.75 Å². The molecule has 0 fully saturated rings. The van der Waals surface area contributed by atoms with Crippen LogP contribution in [0.2, 0.25) is 0 Å². The second kappa shape index (κ2) is 5.68. The highest BCUT2D eigenvalue weighted by molar-refractivity contribution is 7.88. The van der Waals surface area contributed by atoms with Crippen molar-refractivity contribution < 1.29 is 17.9 Å². The fourth-order valence-corrected chi connectivity index (χ4v) is 2.63. The van der Waals surface area contributed by atoms with Crippen LogP contribution in [-0.4, -0.2) is 33.2 Å². The fraction of sp³-hybridized carbons (Fsp3) is 0.417. The zero-order valence-corrected chi connectivity index (χ0v) is 12.7. The Hall–Kier alpha value is -1.80. The minimum Gasteiger partial charge on any atom is -0.495 e. The van der Waals surface area contributed by atoms with Gasteiger partial charge >= 0.3 is 0 Å². The number of benzene rings is 1. The van der Waals surface area contributed by atoms with E-state index in [1.807, 2.05) is 0 Å². The highest BCUT2D eigenvalue weighted by Gasteiger charge is 2.30. The molecule has 0 radical (unpaired) electrons. The predicted molar refractivity (Wildman–Crippen MR) is 78.1 cm³/mol. The second-order valence-corrected chi connectivity index (χ2v) is 6.66. The van der Waals surface area contributed by atoms with Crippen LogP contribution in [-0.2, 0) is 14.8 Å². The molecule has 1 rings (SSSR count). The van der Waals surface area contributed by atoms with Gasteiger partial charge in [0, 0.05) is 5.69 Å². The zero-order valence-electron chi connectivity index (χ0n) is 11.9. The first-order valence-electron chi connectivity index (χ1n) is 5.79. The molecule has 0 aliphatic carbocycles. The molecule has 20 heavy (non-hydrogen) atoms. The van der Waals surface area contributed by atoms with Gasteiger partial charge in [0.05, 0.1) is 19.1 Å². The van der Waals surface area contributed by atoms with Crippen LogP contribution in [0.1, 0.15) is 13.8 Å². The first-order valence-corrected chi connectivity index (χ1v) is 7.68. The van der Waals surface area contributed by atoms with Gasteiger partial charge in [-0.3, -0.25) is 4.79 Å². The molecule has 4 N–H and O–H groups in total. The number of methoxy groups -OCH3 is 1. The van der Waals surface area contributed by atoms with Crippen LogP contribution in [0, 0.1) is 0 Å². The molecule has 8 heteroatoms. The van der Waals surface area contributed by atoms with Gasteiger partial charge in [0.15, 0.2) is 0 Å². The Morgan fingerprint density at radius 3 is 2.40 bits per heavy atom. The minimum atomic E-state index is -3.49. The van der Waals surface area contributed by atoms with Crippen LogP contribution < -0.4 is 20.5 Å². The average molecular weight is 301 g/mol. The van der Waals surface area contributed by atoms with Gasteiger partial charge < -0.3 is 15.8 Å². The summed E-state index contributed by atoms with van der Waals surface area (Å²) in [7, 11) is -2.00. The summed E-state index contributed by atoms with van der Waals surface area (Å²) >= 11 is 0. The summed E-state index contributed by atoms with van der Waals surface area (Å²) < 4.78 is 29.7. The van der Waals surface area contributed by atoms with Crippen LogP contribution >= 0.6 is 0 Å². The molecule has 0 atom stereocenters. The van der Waals surface area contributed by atoms with Crippen molar-refractivity contribution in [3.8, 4) is 5.75 Å². The number of hydrogen-bond donors (Lipinski definition) is 3. The van der Waals surface area contributed by atoms with Crippen molar-refractivity contribution in [3.05, 3.63) is 18.2 Å². The Morgan fingerprint density at radius 2 is 1.95 bits per heavy atom. The number of carbonyl (C=O) groups is 1. The molecule has 112 valence electrons. The number of hydrogen-bond acceptors (Lipinski definition) is 5. The molecule has 0 bridgehead atoms. The quantitative estimate of drug-likeness (QED) is 0.688. The molecule has 0 spiro atoms. The molecule has 0 unspecified atom stereocenters. The van der Waals surface area contributed by atoms with E-state index in [-0.39, 0.29) is 0 Å². The van der Waals surface area contributed by atoms with Crippen LogP contribution in [0.25, 0.3) is 0 Å². The van der Waals surface area contributed by atoms with Crippen molar-refractivity contribution in [3.63, 3.8) is 0 Å². The Balaban J connectivity index is 2.88. The van der Waals surface area contributed by atoms with Gasteiger partial charge in [-0.05, 0) is 32.0 Å². The summed E-state index contributed by atoms with van der Waals surface area (Å²) in [5.74, 6) is 0.00371. The first kappa shape index (κ1) is 16.3. The highest BCUT2D eigenvalue weighted by atomic mass is 32.2. The Kier molecular flexibility index (Phi) is 4.61. The molecule has 1 amide bonds. The zero-order chi connectivity index (χ0) is 15.6. The van der Waals surface area contributed by atoms with Crippen molar-refractivity contribution in [1.82, 2.24) is 4.72 Å². The SMILES string of the molecule is COc1ccc(NC(=O)C(C)(C)NS(C)(=O)=O)cc1N. The lowest BCUT2D eigenvalue weighted by Gasteiger charge is -2.24. The van der Waals surface area contributed by atoms with E-state index in [0.717, 1.165) is 6.26 Å². The third-order valence-corrected chi connectivity index (χ3v) is 3.38. The van der Waals surface area contributed by atoms with Gasteiger partial charge in [-0.25, -0.2) is 13.1 Å². The van der Waals surface area contributed by atoms with E-state index >= 15 is 0 Å². The van der Waals surface area contributed by atoms with Crippen molar-refractivity contribution in [2.45, 2.75) is 19.4 Å². The summed E-state index contributed by atoms with van der Waals surface area (Å²) in [4.78, 5) is 12.1. The van der Waals surface area contributed by atoms with Crippen molar-refractivity contribution >= 4 is 27.3 Å². The van der Waals surface area contributed by atoms with E-state index in [1.165, 1.54) is 27.0 Å². The number of nitrogen functional groups attached to an aromatic ring is 1. The second-order valence-electron chi connectivity index (χ2n) is 4.91. The smallest absolute Gasteiger partial charge is 0.245 e. The number of anilines is 2. The number of sulfonamides is 1. The Labute approximate surface area is 118 Å². The first-order chi connectivity index (χ1) is 9.05. The fourth-order valence-electron chi connectivity index (χ4n) is 1.61. The van der Waals surface area contributed by atoms with Gasteiger partial charge in [0.25, 0.3) is 0 Å². The predicted octanol–water partition coefficient (Wildman–Crippen LogP) is 0.544. The molecule has 0 aliphatic rings. The van der Waals surface area contributed by atoms with Crippen LogP contribution in [0.3, 0.4) is 0 Å². The van der Waals surface area contributed by atoms with Crippen molar-refractivity contribution in [1.29, 1.82) is 0 Å². The van der Waals surface area contributed by atoms with E-state index in [2.05, 4.69) is 10.0 Å². The number of nitrogens with one attached hydrogen (secondary N) is 2. The van der Waals surface area contributed by atoms with Gasteiger partial charge in [0.1, 0.15) is 11.3 Å². The highest BCUT2D eigenvalue weighted by Crippen LogP contribution is 2.25. The Morgan fingerprint density at radius 1 is 1.35 bits per heavy atom. The maximum Gasteiger partial charge on any atom is 0.245 e. The van der Waals surface area contributed by atoms with Crippen LogP contribution in [0.15, 0.2) is 18.2 Å². The van der Waals surface area contributed by atoms with E-state index in [1.54, 1.807) is 12.1 Å². The molecule has 1 aromatic rings. The van der Waals surface area contributed by atoms with Gasteiger partial charge in [0.2, 0.25) is 15.9 Å². The topological polar surface area (TPSA) is 111 Å². The number of rotatable bonds is 5. The summed E-state index contributed by atoms with van der Waals surface area (Å²) in [6.07, 6.45) is 0.993. The molecule has 0 heterocycles. The number of amides is 1. The lowest BCUT2D eigenvalue weighted by molar-refractivity contribution is -0.120. The normalized spacial score (nSPS) is 12.0. The Bertz CT molecular complexity index is 611. The monoisotopic (exact) mass is 301 g/mol. The van der Waals surface area contributed by atoms with Gasteiger partial charge in [-0.1, -0.05) is 0 Å². The number of nitrogens with two attached hydrogens (primary N) is 1. The molecule has 1 aromatic carbocycles. The maximum atomic E-state index is 12.1. The third-order valence-electron chi connectivity index (χ3n) is 2.50. The molecule has 0 aromatic heterocycles. The van der Waals surface area contributed by atoms with E-state index in [0.29, 0.717) is 17.1 Å². The lowest BCUT2D eigenvalue weighted by Crippen LogP contribution is -2.51. The summed E-state index contributed by atoms with van der Waals surface area (Å²) in [5.41, 5.74) is 5.28. The average Bonchev–Trinajstić information content (AvgIpc) is 2.26. The van der Waals surface area contributed by atoms with E-state index < -0.39 is 21.5 Å². The summed E-state index contributed by atoms with van der Waals surface area (Å²) in [5, 5.41) is 2.60. The van der Waals surface area contributed by atoms with Gasteiger partial charge in [-0.2, -0.15) is 0 Å². The minimum absolute atomic E-state index is 0.374. The van der Waals surface area contributed by atoms with E-state index in [4.69, 9.17) is 10.5 Å². The molecule has 7 nitrogen and oxygen atoms in total. The largest absolute Gasteiger partial charge is 0.495 e. The van der Waals surface area contributed by atoms with Crippen molar-refractivity contribution in [2.75, 3.05) is 24.4 Å². The maximum absolute atomic E-state index is 12.1. The summed E-state index contributed by atoms with van der Waals surface area (Å²) in [6, 6.07) is 4.76. The molecule has 0 saturated heterocycles.